The molecule has 0 aromatic heterocycles. The molecule has 0 spiro atoms. The van der Waals surface area contributed by atoms with Crippen molar-refractivity contribution in [3.8, 4) is 0 Å². The smallest absolute Gasteiger partial charge is 0.0914 e. The van der Waals surface area contributed by atoms with Gasteiger partial charge in [-0.15, -0.1) is 0 Å². The number of hydrogen-bond donors (Lipinski definition) is 2. The van der Waals surface area contributed by atoms with Gasteiger partial charge in [-0.2, -0.15) is 0 Å². The molecule has 0 saturated carbocycles. The van der Waals surface area contributed by atoms with E-state index in [1.165, 1.54) is 0 Å². The fourth-order valence-corrected chi connectivity index (χ4v) is 1.63. The minimum absolute atomic E-state index is 0.332. The first kappa shape index (κ1) is 14.5. The van der Waals surface area contributed by atoms with Crippen molar-refractivity contribution >= 4 is 11.6 Å². The average Bonchev–Trinajstić information content (AvgIpc) is 2.24. The van der Waals surface area contributed by atoms with Crippen LogP contribution in [0, 0.1) is 5.41 Å². The topological polar surface area (TPSA) is 32.3 Å². The Morgan fingerprint density at radius 3 is 2.35 bits per heavy atom. The van der Waals surface area contributed by atoms with Gasteiger partial charge < -0.3 is 10.4 Å². The molecule has 2 nitrogen and oxygen atoms in total. The molecule has 0 aliphatic carbocycles. The molecule has 2 N–H and O–H groups in total. The summed E-state index contributed by atoms with van der Waals surface area (Å²) in [6.07, 6.45) is 0.632. The van der Waals surface area contributed by atoms with Gasteiger partial charge in [0.2, 0.25) is 0 Å². The number of hydrogen-bond acceptors (Lipinski definition) is 2. The maximum Gasteiger partial charge on any atom is 0.0914 e. The number of benzene rings is 1. The number of aliphatic hydroxyl groups excluding tert-OH is 1. The Hall–Kier alpha value is -0.570. The Morgan fingerprint density at radius 2 is 1.82 bits per heavy atom. The molecule has 0 amide bonds. The van der Waals surface area contributed by atoms with Crippen molar-refractivity contribution < 1.29 is 5.11 Å². The Morgan fingerprint density at radius 1 is 1.24 bits per heavy atom. The highest BCUT2D eigenvalue weighted by Crippen LogP contribution is 2.18. The lowest BCUT2D eigenvalue weighted by Crippen LogP contribution is -2.25. The van der Waals surface area contributed by atoms with E-state index in [9.17, 15) is 5.11 Å². The van der Waals surface area contributed by atoms with Gasteiger partial charge in [-0.05, 0) is 36.1 Å². The summed E-state index contributed by atoms with van der Waals surface area (Å²) in [6, 6.07) is 7.32. The molecular formula is C14H22ClNO. The summed E-state index contributed by atoms with van der Waals surface area (Å²) in [5.74, 6) is 0. The van der Waals surface area contributed by atoms with Gasteiger partial charge in [0.05, 0.1) is 6.10 Å². The van der Waals surface area contributed by atoms with Crippen molar-refractivity contribution in [1.82, 2.24) is 5.32 Å². The quantitative estimate of drug-likeness (QED) is 0.791. The fraction of sp³-hybridized carbons (Fsp3) is 0.571. The van der Waals surface area contributed by atoms with E-state index < -0.39 is 6.10 Å². The molecule has 0 heterocycles. The Kier molecular flexibility index (Phi) is 5.44. The van der Waals surface area contributed by atoms with E-state index in [2.05, 4.69) is 26.1 Å². The van der Waals surface area contributed by atoms with E-state index in [0.717, 1.165) is 18.5 Å². The molecule has 1 aromatic rings. The number of nitrogens with one attached hydrogen (secondary N) is 1. The molecule has 0 aliphatic rings. The van der Waals surface area contributed by atoms with E-state index in [0.29, 0.717) is 17.0 Å². The van der Waals surface area contributed by atoms with E-state index in [1.807, 2.05) is 12.1 Å². The largest absolute Gasteiger partial charge is 0.387 e. The third-order valence-electron chi connectivity index (χ3n) is 2.64. The van der Waals surface area contributed by atoms with Gasteiger partial charge in [0.25, 0.3) is 0 Å². The zero-order valence-electron chi connectivity index (χ0n) is 10.8. The van der Waals surface area contributed by atoms with Crippen LogP contribution in [0.5, 0.6) is 0 Å². The zero-order valence-corrected chi connectivity index (χ0v) is 11.6. The molecule has 0 saturated heterocycles. The van der Waals surface area contributed by atoms with Crippen molar-refractivity contribution in [3.63, 3.8) is 0 Å². The van der Waals surface area contributed by atoms with Gasteiger partial charge in [-0.3, -0.25) is 0 Å². The molecule has 0 aliphatic heterocycles. The van der Waals surface area contributed by atoms with Crippen LogP contribution in [0.4, 0.5) is 0 Å². The Labute approximate surface area is 109 Å². The summed E-state index contributed by atoms with van der Waals surface area (Å²) in [5.41, 5.74) is 1.23. The molecule has 1 aromatic carbocycles. The van der Waals surface area contributed by atoms with Gasteiger partial charge in [0.15, 0.2) is 0 Å². The van der Waals surface area contributed by atoms with Crippen LogP contribution < -0.4 is 5.32 Å². The second kappa shape index (κ2) is 6.39. The second-order valence-corrected chi connectivity index (χ2v) is 6.02. The third-order valence-corrected chi connectivity index (χ3v) is 2.90. The van der Waals surface area contributed by atoms with Crippen LogP contribution in [0.1, 0.15) is 38.9 Å². The average molecular weight is 256 g/mol. The van der Waals surface area contributed by atoms with Crippen LogP contribution >= 0.6 is 11.6 Å². The molecule has 17 heavy (non-hydrogen) atoms. The Balaban J connectivity index is 2.30. The molecule has 0 bridgehead atoms. The SMILES string of the molecule is CC(C)(C)CCNCC(O)c1ccc(Cl)cc1. The second-order valence-electron chi connectivity index (χ2n) is 5.58. The number of aliphatic hydroxyl groups is 1. The Bertz CT molecular complexity index is 329. The number of rotatable bonds is 5. The van der Waals surface area contributed by atoms with Gasteiger partial charge >= 0.3 is 0 Å². The maximum atomic E-state index is 9.94. The summed E-state index contributed by atoms with van der Waals surface area (Å²) in [5, 5.41) is 13.9. The molecule has 1 rings (SSSR count). The van der Waals surface area contributed by atoms with E-state index >= 15 is 0 Å². The van der Waals surface area contributed by atoms with Crippen molar-refractivity contribution in [2.75, 3.05) is 13.1 Å². The molecule has 96 valence electrons. The summed E-state index contributed by atoms with van der Waals surface area (Å²) in [4.78, 5) is 0. The highest BCUT2D eigenvalue weighted by Gasteiger charge is 2.10. The third kappa shape index (κ3) is 6.06. The standard InChI is InChI=1S/C14H22ClNO/c1-14(2,3)8-9-16-10-13(17)11-4-6-12(15)7-5-11/h4-7,13,16-17H,8-10H2,1-3H3. The molecule has 0 fully saturated rings. The summed E-state index contributed by atoms with van der Waals surface area (Å²) >= 11 is 5.80. The molecular weight excluding hydrogens is 234 g/mol. The van der Waals surface area contributed by atoms with Crippen LogP contribution in [-0.4, -0.2) is 18.2 Å². The van der Waals surface area contributed by atoms with Crippen molar-refractivity contribution in [2.24, 2.45) is 5.41 Å². The first-order valence-electron chi connectivity index (χ1n) is 6.03. The van der Waals surface area contributed by atoms with Crippen molar-refractivity contribution in [1.29, 1.82) is 0 Å². The molecule has 3 heteroatoms. The fourth-order valence-electron chi connectivity index (χ4n) is 1.50. The van der Waals surface area contributed by atoms with Gasteiger partial charge in [0.1, 0.15) is 0 Å². The summed E-state index contributed by atoms with van der Waals surface area (Å²) in [7, 11) is 0. The van der Waals surface area contributed by atoms with Crippen LogP contribution in [0.2, 0.25) is 5.02 Å². The minimum Gasteiger partial charge on any atom is -0.387 e. The van der Waals surface area contributed by atoms with Crippen LogP contribution in [0.25, 0.3) is 0 Å². The highest BCUT2D eigenvalue weighted by molar-refractivity contribution is 6.30. The normalized spacial score (nSPS) is 13.7. The first-order chi connectivity index (χ1) is 7.88. The van der Waals surface area contributed by atoms with Crippen LogP contribution in [0.3, 0.4) is 0 Å². The minimum atomic E-state index is -0.466. The monoisotopic (exact) mass is 255 g/mol. The lowest BCUT2D eigenvalue weighted by atomic mass is 9.92. The predicted molar refractivity (Wildman–Crippen MR) is 73.4 cm³/mol. The van der Waals surface area contributed by atoms with Gasteiger partial charge in [0, 0.05) is 11.6 Å². The summed E-state index contributed by atoms with van der Waals surface area (Å²) in [6.45, 7) is 8.14. The summed E-state index contributed by atoms with van der Waals surface area (Å²) < 4.78 is 0. The number of halogens is 1. The van der Waals surface area contributed by atoms with E-state index in [4.69, 9.17) is 11.6 Å². The van der Waals surface area contributed by atoms with Crippen LogP contribution in [-0.2, 0) is 0 Å². The maximum absolute atomic E-state index is 9.94. The lowest BCUT2D eigenvalue weighted by Gasteiger charge is -2.19. The van der Waals surface area contributed by atoms with Crippen molar-refractivity contribution in [2.45, 2.75) is 33.3 Å². The molecule has 0 radical (unpaired) electrons. The van der Waals surface area contributed by atoms with Crippen LogP contribution in [0.15, 0.2) is 24.3 Å². The van der Waals surface area contributed by atoms with E-state index in [1.54, 1.807) is 12.1 Å². The highest BCUT2D eigenvalue weighted by atomic mass is 35.5. The predicted octanol–water partition coefficient (Wildman–Crippen LogP) is 3.40. The van der Waals surface area contributed by atoms with E-state index in [-0.39, 0.29) is 0 Å². The molecule has 1 atom stereocenters. The molecule has 1 unspecified atom stereocenters. The first-order valence-corrected chi connectivity index (χ1v) is 6.40. The van der Waals surface area contributed by atoms with Gasteiger partial charge in [-0.25, -0.2) is 0 Å². The lowest BCUT2D eigenvalue weighted by molar-refractivity contribution is 0.173. The zero-order chi connectivity index (χ0) is 12.9. The van der Waals surface area contributed by atoms with Gasteiger partial charge in [-0.1, -0.05) is 44.5 Å². The van der Waals surface area contributed by atoms with Crippen molar-refractivity contribution in [3.05, 3.63) is 34.9 Å².